The fourth-order valence-electron chi connectivity index (χ4n) is 4.25. The van der Waals surface area contributed by atoms with Gasteiger partial charge in [-0.1, -0.05) is 12.1 Å². The van der Waals surface area contributed by atoms with Crippen LogP contribution in [0.25, 0.3) is 11.3 Å². The molecule has 0 bridgehead atoms. The summed E-state index contributed by atoms with van der Waals surface area (Å²) in [5, 5.41) is 12.5. The average molecular weight is 445 g/mol. The van der Waals surface area contributed by atoms with Crippen molar-refractivity contribution in [1.82, 2.24) is 35.5 Å². The maximum Gasteiger partial charge on any atom is 0.243 e. The molecule has 1 unspecified atom stereocenters. The first-order valence-electron chi connectivity index (χ1n) is 11.3. The number of hydrogen-bond acceptors (Lipinski definition) is 7. The third-order valence-electron chi connectivity index (χ3n) is 6.06. The predicted octanol–water partition coefficient (Wildman–Crippen LogP) is 2.80. The second kappa shape index (κ2) is 9.03. The highest BCUT2D eigenvalue weighted by Crippen LogP contribution is 2.24. The molecule has 2 aromatic heterocycles. The van der Waals surface area contributed by atoms with Gasteiger partial charge in [-0.2, -0.15) is 5.10 Å². The Morgan fingerprint density at radius 2 is 2.18 bits per heavy atom. The molecule has 5 rings (SSSR count). The van der Waals surface area contributed by atoms with Gasteiger partial charge in [0.1, 0.15) is 6.04 Å². The van der Waals surface area contributed by atoms with E-state index in [1.807, 2.05) is 31.4 Å². The van der Waals surface area contributed by atoms with E-state index < -0.39 is 0 Å². The van der Waals surface area contributed by atoms with Gasteiger partial charge in [-0.3, -0.25) is 9.48 Å². The van der Waals surface area contributed by atoms with E-state index in [4.69, 9.17) is 0 Å². The van der Waals surface area contributed by atoms with Gasteiger partial charge in [0.2, 0.25) is 11.9 Å². The predicted molar refractivity (Wildman–Crippen MR) is 126 cm³/mol. The molecule has 9 nitrogen and oxygen atoms in total. The van der Waals surface area contributed by atoms with E-state index in [9.17, 15) is 4.79 Å². The Kier molecular flexibility index (Phi) is 5.78. The van der Waals surface area contributed by atoms with Crippen LogP contribution in [-0.2, 0) is 18.4 Å². The van der Waals surface area contributed by atoms with Crippen LogP contribution in [0, 0.1) is 6.92 Å². The first-order valence-corrected chi connectivity index (χ1v) is 11.3. The van der Waals surface area contributed by atoms with Gasteiger partial charge in [-0.15, -0.1) is 0 Å². The largest absolute Gasteiger partial charge is 0.350 e. The number of anilines is 2. The molecule has 0 radical (unpaired) electrons. The molecule has 0 saturated carbocycles. The number of hydrogen-bond donors (Lipinski definition) is 3. The fourth-order valence-corrected chi connectivity index (χ4v) is 4.25. The van der Waals surface area contributed by atoms with Gasteiger partial charge in [0.25, 0.3) is 0 Å². The Labute approximate surface area is 192 Å². The number of allylic oxidation sites excluding steroid dienone is 1. The van der Waals surface area contributed by atoms with Crippen LogP contribution < -0.4 is 16.1 Å². The first-order chi connectivity index (χ1) is 16.0. The van der Waals surface area contributed by atoms with Crippen molar-refractivity contribution in [2.24, 2.45) is 7.05 Å². The van der Waals surface area contributed by atoms with E-state index in [0.29, 0.717) is 12.5 Å². The summed E-state index contributed by atoms with van der Waals surface area (Å²) < 4.78 is 1.72. The quantitative estimate of drug-likeness (QED) is 0.538. The standard InChI is InChI=1S/C24H28N8O/c1-16-11-17(21-8-9-25-24(29-21)28-19-14-27-31(2)15-19)6-7-18(16)13-26-23(33)22-12-20-5-3-4-10-32(20)30-22/h6-9,11-12,14-15,22,30H,3-5,10,13H2,1-2H3,(H,26,33)(H,25,28,29). The minimum Gasteiger partial charge on any atom is -0.350 e. The number of rotatable bonds is 6. The minimum absolute atomic E-state index is 0.00212. The number of nitrogens with zero attached hydrogens (tertiary/aromatic N) is 5. The van der Waals surface area contributed by atoms with Gasteiger partial charge in [-0.25, -0.2) is 15.4 Å². The summed E-state index contributed by atoms with van der Waals surface area (Å²) in [6.45, 7) is 3.51. The van der Waals surface area contributed by atoms with Crippen LogP contribution >= 0.6 is 0 Å². The SMILES string of the molecule is Cc1cc(-c2ccnc(Nc3cnn(C)c3)n2)ccc1CNC(=O)C1C=C2CCCCN2N1. The number of piperidine rings is 1. The smallest absolute Gasteiger partial charge is 0.243 e. The van der Waals surface area contributed by atoms with Crippen LogP contribution in [0.1, 0.15) is 30.4 Å². The molecule has 1 saturated heterocycles. The van der Waals surface area contributed by atoms with Gasteiger partial charge in [0.15, 0.2) is 0 Å². The molecule has 4 heterocycles. The van der Waals surface area contributed by atoms with E-state index >= 15 is 0 Å². The van der Waals surface area contributed by atoms with Crippen molar-refractivity contribution >= 4 is 17.5 Å². The van der Waals surface area contributed by atoms with Crippen LogP contribution in [0.2, 0.25) is 0 Å². The third-order valence-corrected chi connectivity index (χ3v) is 6.06. The molecule has 0 aliphatic carbocycles. The van der Waals surface area contributed by atoms with Crippen molar-refractivity contribution in [3.63, 3.8) is 0 Å². The topological polar surface area (TPSA) is 100 Å². The summed E-state index contributed by atoms with van der Waals surface area (Å²) in [6.07, 6.45) is 10.8. The molecule has 0 spiro atoms. The Balaban J connectivity index is 1.23. The molecule has 2 aliphatic heterocycles. The van der Waals surface area contributed by atoms with Crippen LogP contribution in [0.3, 0.4) is 0 Å². The Bertz CT molecular complexity index is 1200. The maximum atomic E-state index is 12.7. The number of fused-ring (bicyclic) bond motifs is 1. The molecule has 3 N–H and O–H groups in total. The lowest BCUT2D eigenvalue weighted by atomic mass is 10.0. The zero-order valence-electron chi connectivity index (χ0n) is 18.9. The summed E-state index contributed by atoms with van der Waals surface area (Å²) >= 11 is 0. The van der Waals surface area contributed by atoms with Crippen LogP contribution in [0.4, 0.5) is 11.6 Å². The highest BCUT2D eigenvalue weighted by atomic mass is 16.2. The van der Waals surface area contributed by atoms with Gasteiger partial charge in [0, 0.05) is 43.8 Å². The van der Waals surface area contributed by atoms with Gasteiger partial charge >= 0.3 is 0 Å². The van der Waals surface area contributed by atoms with E-state index in [0.717, 1.165) is 47.5 Å². The van der Waals surface area contributed by atoms with Crippen molar-refractivity contribution in [1.29, 1.82) is 0 Å². The molecule has 33 heavy (non-hydrogen) atoms. The Morgan fingerprint density at radius 3 is 2.97 bits per heavy atom. The van der Waals surface area contributed by atoms with Gasteiger partial charge < -0.3 is 15.6 Å². The van der Waals surface area contributed by atoms with Crippen molar-refractivity contribution in [2.75, 3.05) is 11.9 Å². The van der Waals surface area contributed by atoms with E-state index in [1.54, 1.807) is 17.1 Å². The number of carbonyl (C=O) groups is 1. The molecule has 9 heteroatoms. The van der Waals surface area contributed by atoms with Gasteiger partial charge in [-0.05, 0) is 55.5 Å². The average Bonchev–Trinajstić information content (AvgIpc) is 3.44. The van der Waals surface area contributed by atoms with Gasteiger partial charge in [0.05, 0.1) is 17.6 Å². The maximum absolute atomic E-state index is 12.7. The number of aryl methyl sites for hydroxylation is 2. The first kappa shape index (κ1) is 21.1. The summed E-state index contributed by atoms with van der Waals surface area (Å²) in [7, 11) is 1.86. The number of nitrogens with one attached hydrogen (secondary N) is 3. The highest BCUT2D eigenvalue weighted by Gasteiger charge is 2.29. The summed E-state index contributed by atoms with van der Waals surface area (Å²) in [6, 6.07) is 7.77. The van der Waals surface area contributed by atoms with Crippen molar-refractivity contribution in [3.8, 4) is 11.3 Å². The van der Waals surface area contributed by atoms with Crippen molar-refractivity contribution in [2.45, 2.75) is 38.8 Å². The van der Waals surface area contributed by atoms with Crippen molar-refractivity contribution in [3.05, 3.63) is 65.8 Å². The second-order valence-corrected chi connectivity index (χ2v) is 8.53. The molecule has 3 aromatic rings. The highest BCUT2D eigenvalue weighted by molar-refractivity contribution is 5.84. The number of carbonyl (C=O) groups excluding carboxylic acids is 1. The van der Waals surface area contributed by atoms with Crippen LogP contribution in [0.15, 0.2) is 54.6 Å². The van der Waals surface area contributed by atoms with Crippen molar-refractivity contribution < 1.29 is 4.79 Å². The van der Waals surface area contributed by atoms with Crippen LogP contribution in [-0.4, -0.2) is 43.3 Å². The lowest BCUT2D eigenvalue weighted by Gasteiger charge is -2.27. The third kappa shape index (κ3) is 4.73. The molecular weight excluding hydrogens is 416 g/mol. The normalized spacial score (nSPS) is 17.5. The summed E-state index contributed by atoms with van der Waals surface area (Å²) in [5.41, 5.74) is 9.38. The zero-order chi connectivity index (χ0) is 22.8. The Morgan fingerprint density at radius 1 is 1.27 bits per heavy atom. The monoisotopic (exact) mass is 444 g/mol. The molecule has 1 aromatic carbocycles. The van der Waals surface area contributed by atoms with Crippen LogP contribution in [0.5, 0.6) is 0 Å². The Hall–Kier alpha value is -3.72. The molecular formula is C24H28N8O. The molecule has 2 aliphatic rings. The molecule has 1 atom stereocenters. The zero-order valence-corrected chi connectivity index (χ0v) is 18.9. The number of amides is 1. The lowest BCUT2D eigenvalue weighted by molar-refractivity contribution is -0.122. The number of aromatic nitrogens is 4. The van der Waals surface area contributed by atoms with E-state index in [1.165, 1.54) is 12.1 Å². The van der Waals surface area contributed by atoms with E-state index in [2.05, 4.69) is 55.2 Å². The summed E-state index contributed by atoms with van der Waals surface area (Å²) in [5.74, 6) is 0.520. The lowest BCUT2D eigenvalue weighted by Crippen LogP contribution is -2.46. The number of hydrazine groups is 1. The number of benzene rings is 1. The molecule has 1 fully saturated rings. The van der Waals surface area contributed by atoms with E-state index in [-0.39, 0.29) is 11.9 Å². The second-order valence-electron chi connectivity index (χ2n) is 8.53. The fraction of sp³-hybridized carbons (Fsp3) is 0.333. The molecule has 1 amide bonds. The summed E-state index contributed by atoms with van der Waals surface area (Å²) in [4.78, 5) is 21.6. The minimum atomic E-state index is -0.288. The molecule has 170 valence electrons.